The first-order valence-electron chi connectivity index (χ1n) is 6.55. The number of nitrogens with zero attached hydrogens (tertiary/aromatic N) is 1. The molecule has 15 heavy (non-hydrogen) atoms. The van der Waals surface area contributed by atoms with Crippen molar-refractivity contribution in [3.05, 3.63) is 0 Å². The molecule has 0 rings (SSSR count). The molecule has 0 aromatic heterocycles. The third kappa shape index (κ3) is 7.80. The molecule has 0 saturated heterocycles. The Morgan fingerprint density at radius 1 is 1.13 bits per heavy atom. The lowest BCUT2D eigenvalue weighted by Gasteiger charge is -2.27. The van der Waals surface area contributed by atoms with Crippen molar-refractivity contribution in [2.75, 3.05) is 20.1 Å². The fourth-order valence-electron chi connectivity index (χ4n) is 1.95. The average molecular weight is 214 g/mol. The van der Waals surface area contributed by atoms with E-state index in [1.807, 2.05) is 0 Å². The molecular formula is C13H30N2. The SMILES string of the molecule is CCCCCN(C)C(C)CC(C)NCC. The molecule has 0 saturated carbocycles. The Morgan fingerprint density at radius 3 is 2.33 bits per heavy atom. The average Bonchev–Trinajstić information content (AvgIpc) is 2.18. The molecule has 0 aliphatic rings. The normalized spacial score (nSPS) is 15.6. The summed E-state index contributed by atoms with van der Waals surface area (Å²) in [6, 6.07) is 1.33. The highest BCUT2D eigenvalue weighted by Gasteiger charge is 2.11. The lowest BCUT2D eigenvalue weighted by Crippen LogP contribution is -2.37. The van der Waals surface area contributed by atoms with Crippen molar-refractivity contribution in [3.63, 3.8) is 0 Å². The van der Waals surface area contributed by atoms with Crippen molar-refractivity contribution in [2.45, 2.75) is 65.5 Å². The van der Waals surface area contributed by atoms with E-state index in [-0.39, 0.29) is 0 Å². The van der Waals surface area contributed by atoms with E-state index in [4.69, 9.17) is 0 Å². The summed E-state index contributed by atoms with van der Waals surface area (Å²) in [6.07, 6.45) is 5.26. The van der Waals surface area contributed by atoms with Crippen LogP contribution in [-0.4, -0.2) is 37.1 Å². The topological polar surface area (TPSA) is 15.3 Å². The molecule has 1 N–H and O–H groups in total. The van der Waals surface area contributed by atoms with E-state index in [2.05, 4.69) is 45.0 Å². The highest BCUT2D eigenvalue weighted by Crippen LogP contribution is 2.06. The highest BCUT2D eigenvalue weighted by atomic mass is 15.1. The molecule has 0 aromatic rings. The summed E-state index contributed by atoms with van der Waals surface area (Å²) in [5.41, 5.74) is 0. The lowest BCUT2D eigenvalue weighted by molar-refractivity contribution is 0.227. The maximum Gasteiger partial charge on any atom is 0.00785 e. The van der Waals surface area contributed by atoms with Gasteiger partial charge in [0.25, 0.3) is 0 Å². The monoisotopic (exact) mass is 214 g/mol. The summed E-state index contributed by atoms with van der Waals surface area (Å²) >= 11 is 0. The minimum absolute atomic E-state index is 0.638. The molecule has 0 radical (unpaired) electrons. The van der Waals surface area contributed by atoms with Crippen molar-refractivity contribution >= 4 is 0 Å². The second kappa shape index (κ2) is 9.17. The number of unbranched alkanes of at least 4 members (excludes halogenated alkanes) is 2. The number of rotatable bonds is 9. The minimum atomic E-state index is 0.638. The maximum absolute atomic E-state index is 3.47. The zero-order chi connectivity index (χ0) is 11.7. The fraction of sp³-hybridized carbons (Fsp3) is 1.00. The standard InChI is InChI=1S/C13H30N2/c1-6-8-9-10-15(5)13(4)11-12(3)14-7-2/h12-14H,6-11H2,1-5H3. The Morgan fingerprint density at radius 2 is 1.80 bits per heavy atom. The second-order valence-corrected chi connectivity index (χ2v) is 4.73. The fourth-order valence-corrected chi connectivity index (χ4v) is 1.95. The summed E-state index contributed by atoms with van der Waals surface area (Å²) < 4.78 is 0. The number of hydrogen-bond acceptors (Lipinski definition) is 2. The van der Waals surface area contributed by atoms with E-state index in [1.54, 1.807) is 0 Å². The minimum Gasteiger partial charge on any atom is -0.314 e. The molecule has 0 amide bonds. The molecule has 0 aromatic carbocycles. The maximum atomic E-state index is 3.47. The first kappa shape index (κ1) is 14.9. The predicted molar refractivity (Wildman–Crippen MR) is 69.4 cm³/mol. The van der Waals surface area contributed by atoms with Gasteiger partial charge in [0.05, 0.1) is 0 Å². The first-order chi connectivity index (χ1) is 7.11. The van der Waals surface area contributed by atoms with Crippen LogP contribution in [0.15, 0.2) is 0 Å². The van der Waals surface area contributed by atoms with Crippen molar-refractivity contribution in [2.24, 2.45) is 0 Å². The summed E-state index contributed by atoms with van der Waals surface area (Å²) in [7, 11) is 2.25. The zero-order valence-electron chi connectivity index (χ0n) is 11.3. The van der Waals surface area contributed by atoms with Crippen LogP contribution >= 0.6 is 0 Å². The molecule has 0 bridgehead atoms. The summed E-state index contributed by atoms with van der Waals surface area (Å²) in [4.78, 5) is 2.49. The predicted octanol–water partition coefficient (Wildman–Crippen LogP) is 2.89. The summed E-state index contributed by atoms with van der Waals surface area (Å²) in [6.45, 7) is 11.4. The van der Waals surface area contributed by atoms with Gasteiger partial charge in [-0.1, -0.05) is 26.7 Å². The third-order valence-electron chi connectivity index (χ3n) is 3.11. The van der Waals surface area contributed by atoms with E-state index in [9.17, 15) is 0 Å². The van der Waals surface area contributed by atoms with Crippen LogP contribution in [0.2, 0.25) is 0 Å². The van der Waals surface area contributed by atoms with Crippen molar-refractivity contribution in [1.29, 1.82) is 0 Å². The van der Waals surface area contributed by atoms with Crippen LogP contribution in [0.3, 0.4) is 0 Å². The van der Waals surface area contributed by atoms with Gasteiger partial charge < -0.3 is 10.2 Å². The Kier molecular flexibility index (Phi) is 9.12. The van der Waals surface area contributed by atoms with Crippen LogP contribution in [-0.2, 0) is 0 Å². The van der Waals surface area contributed by atoms with Crippen LogP contribution in [0.4, 0.5) is 0 Å². The van der Waals surface area contributed by atoms with Crippen molar-refractivity contribution < 1.29 is 0 Å². The second-order valence-electron chi connectivity index (χ2n) is 4.73. The van der Waals surface area contributed by atoms with Gasteiger partial charge in [0.1, 0.15) is 0 Å². The van der Waals surface area contributed by atoms with Gasteiger partial charge in [0, 0.05) is 12.1 Å². The Labute approximate surface area is 96.4 Å². The first-order valence-corrected chi connectivity index (χ1v) is 6.55. The van der Waals surface area contributed by atoms with E-state index in [0.29, 0.717) is 12.1 Å². The van der Waals surface area contributed by atoms with Crippen LogP contribution in [0, 0.1) is 0 Å². The molecule has 0 heterocycles. The Hall–Kier alpha value is -0.0800. The number of nitrogens with one attached hydrogen (secondary N) is 1. The van der Waals surface area contributed by atoms with Gasteiger partial charge in [-0.15, -0.1) is 0 Å². The van der Waals surface area contributed by atoms with Gasteiger partial charge in [-0.25, -0.2) is 0 Å². The summed E-state index contributed by atoms with van der Waals surface area (Å²) in [5, 5.41) is 3.47. The lowest BCUT2D eigenvalue weighted by atomic mass is 10.1. The van der Waals surface area contributed by atoms with Gasteiger partial charge >= 0.3 is 0 Å². The molecule has 0 aliphatic heterocycles. The van der Waals surface area contributed by atoms with E-state index in [1.165, 1.54) is 32.2 Å². The Balaban J connectivity index is 3.62. The molecule has 2 heteroatoms. The van der Waals surface area contributed by atoms with Gasteiger partial charge in [0.15, 0.2) is 0 Å². The third-order valence-corrected chi connectivity index (χ3v) is 3.11. The largest absolute Gasteiger partial charge is 0.314 e. The van der Waals surface area contributed by atoms with Crippen LogP contribution in [0.1, 0.15) is 53.4 Å². The Bertz CT molecular complexity index is 136. The van der Waals surface area contributed by atoms with Gasteiger partial charge in [-0.2, -0.15) is 0 Å². The zero-order valence-corrected chi connectivity index (χ0v) is 11.3. The van der Waals surface area contributed by atoms with Crippen LogP contribution < -0.4 is 5.32 Å². The molecule has 0 spiro atoms. The van der Waals surface area contributed by atoms with Crippen LogP contribution in [0.5, 0.6) is 0 Å². The molecule has 2 unspecified atom stereocenters. The van der Waals surface area contributed by atoms with Gasteiger partial charge in [-0.05, 0) is 46.8 Å². The molecule has 2 atom stereocenters. The van der Waals surface area contributed by atoms with Crippen molar-refractivity contribution in [3.8, 4) is 0 Å². The summed E-state index contributed by atoms with van der Waals surface area (Å²) in [5.74, 6) is 0. The molecule has 2 nitrogen and oxygen atoms in total. The smallest absolute Gasteiger partial charge is 0.00785 e. The van der Waals surface area contributed by atoms with Gasteiger partial charge in [0.2, 0.25) is 0 Å². The quantitative estimate of drug-likeness (QED) is 0.594. The van der Waals surface area contributed by atoms with Crippen LogP contribution in [0.25, 0.3) is 0 Å². The molecule has 0 fully saturated rings. The molecule has 92 valence electrons. The molecular weight excluding hydrogens is 184 g/mol. The highest BCUT2D eigenvalue weighted by molar-refractivity contribution is 4.70. The van der Waals surface area contributed by atoms with E-state index in [0.717, 1.165) is 6.54 Å². The number of hydrogen-bond donors (Lipinski definition) is 1. The van der Waals surface area contributed by atoms with Crippen molar-refractivity contribution in [1.82, 2.24) is 10.2 Å². The molecule has 0 aliphatic carbocycles. The van der Waals surface area contributed by atoms with E-state index < -0.39 is 0 Å². The van der Waals surface area contributed by atoms with Gasteiger partial charge in [-0.3, -0.25) is 0 Å². The van der Waals surface area contributed by atoms with E-state index >= 15 is 0 Å².